The summed E-state index contributed by atoms with van der Waals surface area (Å²) in [6, 6.07) is 13.6. The molecule has 2 aromatic carbocycles. The zero-order chi connectivity index (χ0) is 22.7. The van der Waals surface area contributed by atoms with Crippen molar-refractivity contribution in [2.45, 2.75) is 31.6 Å². The molecule has 166 valence electrons. The summed E-state index contributed by atoms with van der Waals surface area (Å²) in [5, 5.41) is 11.7. The minimum Gasteiger partial charge on any atom is -0.264 e. The number of hydrogen-bond acceptors (Lipinski definition) is 6. The highest BCUT2D eigenvalue weighted by atomic mass is 35.5. The number of halogens is 1. The van der Waals surface area contributed by atoms with Gasteiger partial charge in [0.1, 0.15) is 10.7 Å². The molecule has 0 radical (unpaired) electrons. The van der Waals surface area contributed by atoms with Gasteiger partial charge in [0, 0.05) is 23.1 Å². The van der Waals surface area contributed by atoms with E-state index in [0.29, 0.717) is 35.1 Å². The minimum absolute atomic E-state index is 0.232. The van der Waals surface area contributed by atoms with Gasteiger partial charge in [-0.25, -0.2) is 18.1 Å². The highest BCUT2D eigenvalue weighted by Gasteiger charge is 2.28. The molecule has 10 heteroatoms. The number of aromatic nitrogens is 4. The van der Waals surface area contributed by atoms with Gasteiger partial charge in [0.15, 0.2) is 0 Å². The SMILES string of the molecule is CCCCN(c1ccc(Cl)cc1-n1nnc(-c2nccs2)c1C)S(=O)(=O)c1ccccc1. The van der Waals surface area contributed by atoms with E-state index in [9.17, 15) is 8.42 Å². The molecule has 0 atom stereocenters. The van der Waals surface area contributed by atoms with Crippen LogP contribution in [0.5, 0.6) is 0 Å². The molecule has 0 bridgehead atoms. The Labute approximate surface area is 196 Å². The molecule has 0 saturated heterocycles. The highest BCUT2D eigenvalue weighted by molar-refractivity contribution is 7.92. The third-order valence-electron chi connectivity index (χ3n) is 5.01. The lowest BCUT2D eigenvalue weighted by Gasteiger charge is -2.27. The third kappa shape index (κ3) is 4.28. The zero-order valence-corrected chi connectivity index (χ0v) is 20.0. The first-order valence-corrected chi connectivity index (χ1v) is 12.8. The Bertz CT molecular complexity index is 1310. The van der Waals surface area contributed by atoms with Crippen LogP contribution >= 0.6 is 22.9 Å². The number of rotatable bonds is 8. The minimum atomic E-state index is -3.80. The molecule has 0 N–H and O–H groups in total. The molecule has 0 saturated carbocycles. The molecule has 0 aliphatic heterocycles. The Balaban J connectivity index is 1.88. The fraction of sp³-hybridized carbons (Fsp3) is 0.227. The third-order valence-corrected chi connectivity index (χ3v) is 7.85. The van der Waals surface area contributed by atoms with Crippen LogP contribution in [0.15, 0.2) is 65.0 Å². The van der Waals surface area contributed by atoms with Gasteiger partial charge in [-0.1, -0.05) is 48.4 Å². The summed E-state index contributed by atoms with van der Waals surface area (Å²) in [7, 11) is -3.80. The molecule has 32 heavy (non-hydrogen) atoms. The average molecular weight is 488 g/mol. The van der Waals surface area contributed by atoms with E-state index in [1.165, 1.54) is 15.6 Å². The van der Waals surface area contributed by atoms with Gasteiger partial charge in [0.2, 0.25) is 0 Å². The van der Waals surface area contributed by atoms with Gasteiger partial charge in [-0.05, 0) is 43.7 Å². The summed E-state index contributed by atoms with van der Waals surface area (Å²) < 4.78 is 30.3. The van der Waals surface area contributed by atoms with E-state index in [2.05, 4.69) is 15.3 Å². The van der Waals surface area contributed by atoms with Crippen molar-refractivity contribution in [2.75, 3.05) is 10.8 Å². The fourth-order valence-corrected chi connectivity index (χ4v) is 5.74. The van der Waals surface area contributed by atoms with Gasteiger partial charge in [0.25, 0.3) is 10.0 Å². The van der Waals surface area contributed by atoms with Crippen LogP contribution in [0.4, 0.5) is 5.69 Å². The van der Waals surface area contributed by atoms with Crippen molar-refractivity contribution >= 4 is 38.6 Å². The Kier molecular flexibility index (Phi) is 6.59. The van der Waals surface area contributed by atoms with Crippen molar-refractivity contribution in [2.24, 2.45) is 0 Å². The van der Waals surface area contributed by atoms with Crippen molar-refractivity contribution in [3.8, 4) is 16.4 Å². The monoisotopic (exact) mass is 487 g/mol. The Morgan fingerprint density at radius 2 is 1.94 bits per heavy atom. The van der Waals surface area contributed by atoms with Gasteiger partial charge in [-0.15, -0.1) is 16.4 Å². The molecule has 7 nitrogen and oxygen atoms in total. The zero-order valence-electron chi connectivity index (χ0n) is 17.6. The van der Waals surface area contributed by atoms with Gasteiger partial charge in [0.05, 0.1) is 22.0 Å². The number of anilines is 1. The second kappa shape index (κ2) is 9.40. The van der Waals surface area contributed by atoms with E-state index in [4.69, 9.17) is 11.6 Å². The molecule has 4 rings (SSSR count). The first kappa shape index (κ1) is 22.4. The summed E-state index contributed by atoms with van der Waals surface area (Å²) in [5.41, 5.74) is 2.43. The van der Waals surface area contributed by atoms with E-state index in [-0.39, 0.29) is 4.90 Å². The molecule has 0 unspecified atom stereocenters. The first-order chi connectivity index (χ1) is 15.4. The lowest BCUT2D eigenvalue weighted by atomic mass is 10.2. The molecular formula is C22H22ClN5O2S2. The molecule has 0 aliphatic carbocycles. The fourth-order valence-electron chi connectivity index (χ4n) is 3.36. The van der Waals surface area contributed by atoms with Crippen molar-refractivity contribution < 1.29 is 8.42 Å². The molecule has 2 heterocycles. The number of thiazole rings is 1. The summed E-state index contributed by atoms with van der Waals surface area (Å²) in [5.74, 6) is 0. The molecular weight excluding hydrogens is 466 g/mol. The van der Waals surface area contributed by atoms with Crippen molar-refractivity contribution in [1.82, 2.24) is 20.0 Å². The van der Waals surface area contributed by atoms with Gasteiger partial charge >= 0.3 is 0 Å². The topological polar surface area (TPSA) is 81.0 Å². The van der Waals surface area contributed by atoms with E-state index in [0.717, 1.165) is 17.1 Å². The molecule has 0 fully saturated rings. The summed E-state index contributed by atoms with van der Waals surface area (Å²) in [4.78, 5) is 4.55. The number of benzene rings is 2. The van der Waals surface area contributed by atoms with E-state index in [1.54, 1.807) is 59.4 Å². The number of hydrogen-bond donors (Lipinski definition) is 0. The van der Waals surface area contributed by atoms with Crippen LogP contribution in [0.25, 0.3) is 16.4 Å². The van der Waals surface area contributed by atoms with Crippen LogP contribution in [0, 0.1) is 6.92 Å². The van der Waals surface area contributed by atoms with Crippen molar-refractivity contribution in [3.05, 3.63) is 70.8 Å². The molecule has 0 aliphatic rings. The average Bonchev–Trinajstić information content (AvgIpc) is 3.45. The Morgan fingerprint density at radius 1 is 1.16 bits per heavy atom. The predicted molar refractivity (Wildman–Crippen MR) is 128 cm³/mol. The van der Waals surface area contributed by atoms with Crippen molar-refractivity contribution in [1.29, 1.82) is 0 Å². The molecule has 2 aromatic heterocycles. The summed E-state index contributed by atoms with van der Waals surface area (Å²) >= 11 is 7.79. The maximum absolute atomic E-state index is 13.6. The highest BCUT2D eigenvalue weighted by Crippen LogP contribution is 2.34. The van der Waals surface area contributed by atoms with Crippen LogP contribution in [0.3, 0.4) is 0 Å². The predicted octanol–water partition coefficient (Wildman–Crippen LogP) is 5.35. The first-order valence-electron chi connectivity index (χ1n) is 10.1. The Hall–Kier alpha value is -2.75. The number of sulfonamides is 1. The Morgan fingerprint density at radius 3 is 2.62 bits per heavy atom. The lowest BCUT2D eigenvalue weighted by Crippen LogP contribution is -2.33. The van der Waals surface area contributed by atoms with E-state index >= 15 is 0 Å². The van der Waals surface area contributed by atoms with Crippen LogP contribution in [-0.4, -0.2) is 34.9 Å². The molecule has 0 spiro atoms. The standard InChI is InChI=1S/C22H22ClN5O2S2/c1-3-4-13-27(32(29,30)18-8-6-5-7-9-18)19-11-10-17(23)15-20(19)28-16(2)21(25-26-28)22-24-12-14-31-22/h5-12,14-15H,3-4,13H2,1-2H3. The smallest absolute Gasteiger partial charge is 0.264 e. The van der Waals surface area contributed by atoms with Crippen LogP contribution in [-0.2, 0) is 10.0 Å². The molecule has 4 aromatic rings. The van der Waals surface area contributed by atoms with Gasteiger partial charge in [-0.2, -0.15) is 0 Å². The second-order valence-electron chi connectivity index (χ2n) is 7.15. The second-order valence-corrected chi connectivity index (χ2v) is 10.3. The number of unbranched alkanes of at least 4 members (excludes halogenated alkanes) is 1. The maximum Gasteiger partial charge on any atom is 0.264 e. The quantitative estimate of drug-likeness (QED) is 0.334. The number of nitrogens with zero attached hydrogens (tertiary/aromatic N) is 5. The largest absolute Gasteiger partial charge is 0.264 e. The maximum atomic E-state index is 13.6. The van der Waals surface area contributed by atoms with Crippen LogP contribution < -0.4 is 4.31 Å². The van der Waals surface area contributed by atoms with Gasteiger partial charge < -0.3 is 0 Å². The van der Waals surface area contributed by atoms with Crippen LogP contribution in [0.1, 0.15) is 25.5 Å². The van der Waals surface area contributed by atoms with Crippen molar-refractivity contribution in [3.63, 3.8) is 0 Å². The van der Waals surface area contributed by atoms with E-state index < -0.39 is 10.0 Å². The van der Waals surface area contributed by atoms with Crippen LogP contribution in [0.2, 0.25) is 5.02 Å². The normalized spacial score (nSPS) is 11.6. The molecule has 0 amide bonds. The lowest BCUT2D eigenvalue weighted by molar-refractivity contribution is 0.588. The van der Waals surface area contributed by atoms with Gasteiger partial charge in [-0.3, -0.25) is 4.31 Å². The summed E-state index contributed by atoms with van der Waals surface area (Å²) in [6.45, 7) is 4.23. The summed E-state index contributed by atoms with van der Waals surface area (Å²) in [6.07, 6.45) is 3.26. The van der Waals surface area contributed by atoms with E-state index in [1.807, 2.05) is 19.2 Å².